The van der Waals surface area contributed by atoms with Crippen LogP contribution in [0.25, 0.3) is 0 Å². The highest BCUT2D eigenvalue weighted by Crippen LogP contribution is 2.27. The van der Waals surface area contributed by atoms with Gasteiger partial charge in [-0.15, -0.1) is 0 Å². The number of carbonyl (C=O) groups excluding carboxylic acids is 1. The topological polar surface area (TPSA) is 41.6 Å². The second kappa shape index (κ2) is 4.37. The number of hydrogen-bond acceptors (Lipinski definition) is 3. The lowest BCUT2D eigenvalue weighted by molar-refractivity contribution is -0.116. The van der Waals surface area contributed by atoms with Crippen molar-refractivity contribution in [2.75, 3.05) is 36.5 Å². The Hall–Kier alpha value is -1.55. The number of nitrogens with one attached hydrogen (secondary N) is 1. The van der Waals surface area contributed by atoms with Gasteiger partial charge in [0.2, 0.25) is 5.91 Å². The minimum atomic E-state index is 0.122. The first-order valence-electron chi connectivity index (χ1n) is 6.08. The zero-order valence-corrected chi connectivity index (χ0v) is 9.74. The smallest absolute Gasteiger partial charge is 0.224 e. The molecule has 1 aromatic rings. The second-order valence-electron chi connectivity index (χ2n) is 4.49. The Balaban J connectivity index is 1.85. The van der Waals surface area contributed by atoms with Crippen LogP contribution in [0.1, 0.15) is 12.0 Å². The van der Waals surface area contributed by atoms with Gasteiger partial charge in [-0.05, 0) is 30.2 Å². The van der Waals surface area contributed by atoms with Crippen LogP contribution in [-0.2, 0) is 16.0 Å². The quantitative estimate of drug-likeness (QED) is 0.796. The summed E-state index contributed by atoms with van der Waals surface area (Å²) >= 11 is 0. The molecule has 2 aliphatic rings. The third kappa shape index (κ3) is 2.13. The van der Waals surface area contributed by atoms with Crippen molar-refractivity contribution >= 4 is 17.3 Å². The maximum Gasteiger partial charge on any atom is 0.224 e. The highest BCUT2D eigenvalue weighted by Gasteiger charge is 2.17. The van der Waals surface area contributed by atoms with E-state index in [1.165, 1.54) is 11.3 Å². The van der Waals surface area contributed by atoms with Crippen molar-refractivity contribution in [3.05, 3.63) is 23.8 Å². The number of amides is 1. The van der Waals surface area contributed by atoms with Crippen LogP contribution in [0.3, 0.4) is 0 Å². The van der Waals surface area contributed by atoms with E-state index in [4.69, 9.17) is 4.74 Å². The molecule has 90 valence electrons. The summed E-state index contributed by atoms with van der Waals surface area (Å²) in [7, 11) is 0. The van der Waals surface area contributed by atoms with Gasteiger partial charge >= 0.3 is 0 Å². The molecule has 1 N–H and O–H groups in total. The number of ether oxygens (including phenoxy) is 1. The van der Waals surface area contributed by atoms with Crippen molar-refractivity contribution < 1.29 is 9.53 Å². The van der Waals surface area contributed by atoms with E-state index >= 15 is 0 Å². The molecular weight excluding hydrogens is 216 g/mol. The summed E-state index contributed by atoms with van der Waals surface area (Å²) in [5, 5.41) is 2.91. The Morgan fingerprint density at radius 3 is 2.82 bits per heavy atom. The average Bonchev–Trinajstić information content (AvgIpc) is 2.39. The number of rotatable bonds is 1. The lowest BCUT2D eigenvalue weighted by Crippen LogP contribution is -2.36. The fourth-order valence-electron chi connectivity index (χ4n) is 2.39. The number of fused-ring (bicyclic) bond motifs is 1. The largest absolute Gasteiger partial charge is 0.378 e. The van der Waals surface area contributed by atoms with Crippen molar-refractivity contribution in [2.24, 2.45) is 0 Å². The number of morpholine rings is 1. The number of nitrogens with zero attached hydrogens (tertiary/aromatic N) is 1. The first-order chi connectivity index (χ1) is 8.33. The standard InChI is InChI=1S/C13H16N2O2/c16-13-4-1-10-9-11(2-3-12(10)14-13)15-5-7-17-8-6-15/h2-3,9H,1,4-8H2,(H,14,16). The van der Waals surface area contributed by atoms with Crippen LogP contribution < -0.4 is 10.2 Å². The first-order valence-corrected chi connectivity index (χ1v) is 6.08. The van der Waals surface area contributed by atoms with E-state index in [9.17, 15) is 4.79 Å². The zero-order valence-electron chi connectivity index (χ0n) is 9.74. The van der Waals surface area contributed by atoms with E-state index in [0.29, 0.717) is 6.42 Å². The summed E-state index contributed by atoms with van der Waals surface area (Å²) in [5.41, 5.74) is 3.45. The lowest BCUT2D eigenvalue weighted by atomic mass is 10.0. The van der Waals surface area contributed by atoms with Crippen LogP contribution in [0.15, 0.2) is 18.2 Å². The third-order valence-corrected chi connectivity index (χ3v) is 3.36. The van der Waals surface area contributed by atoms with Crippen LogP contribution in [0.2, 0.25) is 0 Å². The normalized spacial score (nSPS) is 19.8. The van der Waals surface area contributed by atoms with E-state index < -0.39 is 0 Å². The van der Waals surface area contributed by atoms with Gasteiger partial charge in [-0.3, -0.25) is 4.79 Å². The van der Waals surface area contributed by atoms with Crippen molar-refractivity contribution in [3.63, 3.8) is 0 Å². The van der Waals surface area contributed by atoms with Gasteiger partial charge in [0.1, 0.15) is 0 Å². The van der Waals surface area contributed by atoms with Gasteiger partial charge in [0.25, 0.3) is 0 Å². The van der Waals surface area contributed by atoms with Gasteiger partial charge in [-0.2, -0.15) is 0 Å². The molecule has 0 bridgehead atoms. The lowest BCUT2D eigenvalue weighted by Gasteiger charge is -2.30. The third-order valence-electron chi connectivity index (χ3n) is 3.36. The highest BCUT2D eigenvalue weighted by molar-refractivity contribution is 5.94. The first kappa shape index (κ1) is 10.6. The fourth-order valence-corrected chi connectivity index (χ4v) is 2.39. The molecule has 0 saturated carbocycles. The number of hydrogen-bond donors (Lipinski definition) is 1. The molecule has 0 unspecified atom stereocenters. The summed E-state index contributed by atoms with van der Waals surface area (Å²) in [6, 6.07) is 6.28. The van der Waals surface area contributed by atoms with Gasteiger partial charge in [0.15, 0.2) is 0 Å². The maximum absolute atomic E-state index is 11.3. The molecule has 1 fully saturated rings. The van der Waals surface area contributed by atoms with E-state index in [1.807, 2.05) is 6.07 Å². The summed E-state index contributed by atoms with van der Waals surface area (Å²) in [4.78, 5) is 13.6. The zero-order chi connectivity index (χ0) is 11.7. The van der Waals surface area contributed by atoms with E-state index in [-0.39, 0.29) is 5.91 Å². The van der Waals surface area contributed by atoms with Crippen molar-refractivity contribution in [1.29, 1.82) is 0 Å². The molecule has 2 heterocycles. The predicted octanol–water partition coefficient (Wildman–Crippen LogP) is 1.41. The van der Waals surface area contributed by atoms with Gasteiger partial charge in [0.05, 0.1) is 13.2 Å². The molecule has 2 aliphatic heterocycles. The van der Waals surface area contributed by atoms with Crippen LogP contribution in [-0.4, -0.2) is 32.2 Å². The summed E-state index contributed by atoms with van der Waals surface area (Å²) in [6.07, 6.45) is 1.44. The van der Waals surface area contributed by atoms with Gasteiger partial charge in [-0.25, -0.2) is 0 Å². The molecule has 4 heteroatoms. The molecule has 0 atom stereocenters. The van der Waals surface area contributed by atoms with Gasteiger partial charge < -0.3 is 15.0 Å². The van der Waals surface area contributed by atoms with Crippen molar-refractivity contribution in [1.82, 2.24) is 0 Å². The number of aryl methyl sites for hydroxylation is 1. The number of carbonyl (C=O) groups is 1. The van der Waals surface area contributed by atoms with Crippen molar-refractivity contribution in [3.8, 4) is 0 Å². The van der Waals surface area contributed by atoms with Gasteiger partial charge in [0, 0.05) is 30.9 Å². The molecule has 17 heavy (non-hydrogen) atoms. The molecule has 4 nitrogen and oxygen atoms in total. The summed E-state index contributed by atoms with van der Waals surface area (Å²) in [6.45, 7) is 3.50. The minimum Gasteiger partial charge on any atom is -0.378 e. The Morgan fingerprint density at radius 1 is 1.18 bits per heavy atom. The predicted molar refractivity (Wildman–Crippen MR) is 66.4 cm³/mol. The summed E-state index contributed by atoms with van der Waals surface area (Å²) < 4.78 is 5.35. The molecule has 1 amide bonds. The van der Waals surface area contributed by atoms with Crippen LogP contribution in [0.5, 0.6) is 0 Å². The Kier molecular flexibility index (Phi) is 2.73. The Morgan fingerprint density at radius 2 is 2.00 bits per heavy atom. The molecule has 1 aromatic carbocycles. The van der Waals surface area contributed by atoms with Gasteiger partial charge in [-0.1, -0.05) is 0 Å². The SMILES string of the molecule is O=C1CCc2cc(N3CCOCC3)ccc2N1. The van der Waals surface area contributed by atoms with Crippen LogP contribution in [0, 0.1) is 0 Å². The molecule has 1 saturated heterocycles. The molecule has 0 aliphatic carbocycles. The molecule has 0 spiro atoms. The maximum atomic E-state index is 11.3. The van der Waals surface area contributed by atoms with E-state index in [0.717, 1.165) is 38.4 Å². The van der Waals surface area contributed by atoms with E-state index in [1.54, 1.807) is 0 Å². The number of benzene rings is 1. The summed E-state index contributed by atoms with van der Waals surface area (Å²) in [5.74, 6) is 0.122. The Bertz CT molecular complexity index is 439. The second-order valence-corrected chi connectivity index (χ2v) is 4.49. The number of anilines is 2. The molecule has 3 rings (SSSR count). The van der Waals surface area contributed by atoms with Crippen LogP contribution in [0.4, 0.5) is 11.4 Å². The Labute approximate surface area is 101 Å². The fraction of sp³-hybridized carbons (Fsp3) is 0.462. The molecule has 0 aromatic heterocycles. The van der Waals surface area contributed by atoms with Crippen molar-refractivity contribution in [2.45, 2.75) is 12.8 Å². The van der Waals surface area contributed by atoms with E-state index in [2.05, 4.69) is 22.3 Å². The minimum absolute atomic E-state index is 0.122. The average molecular weight is 232 g/mol. The highest BCUT2D eigenvalue weighted by atomic mass is 16.5. The molecule has 0 radical (unpaired) electrons. The van der Waals surface area contributed by atoms with Crippen LogP contribution >= 0.6 is 0 Å². The molecular formula is C13H16N2O2. The monoisotopic (exact) mass is 232 g/mol.